The summed E-state index contributed by atoms with van der Waals surface area (Å²) in [6.45, 7) is 14.0. The van der Waals surface area contributed by atoms with E-state index >= 15 is 0 Å². The number of fused-ring (bicyclic) bond motifs is 3. The Morgan fingerprint density at radius 3 is 2.42 bits per heavy atom. The van der Waals surface area contributed by atoms with E-state index in [0.717, 1.165) is 28.0 Å². The number of likely N-dealkylation sites (tertiary alicyclic amines) is 1. The molecule has 10 nitrogen and oxygen atoms in total. The topological polar surface area (TPSA) is 116 Å². The number of benzene rings is 1. The molecule has 0 bridgehead atoms. The first-order chi connectivity index (χ1) is 18.7. The number of rotatable bonds is 4. The molecule has 2 amide bonds. The van der Waals surface area contributed by atoms with Crippen LogP contribution in [0, 0.1) is 5.41 Å². The fourth-order valence-electron chi connectivity index (χ4n) is 5.83. The van der Waals surface area contributed by atoms with E-state index in [1.165, 1.54) is 0 Å². The van der Waals surface area contributed by atoms with Gasteiger partial charge in [0.25, 0.3) is 0 Å². The van der Waals surface area contributed by atoms with Crippen LogP contribution in [0.1, 0.15) is 65.6 Å². The Morgan fingerprint density at radius 2 is 1.80 bits per heavy atom. The number of ether oxygens (including phenoxy) is 2. The molecule has 1 spiro atoms. The predicted octanol–water partition coefficient (Wildman–Crippen LogP) is 4.88. The van der Waals surface area contributed by atoms with Crippen molar-refractivity contribution in [2.45, 2.75) is 78.5 Å². The zero-order valence-corrected chi connectivity index (χ0v) is 24.6. The minimum absolute atomic E-state index is 0.0313. The van der Waals surface area contributed by atoms with Gasteiger partial charge in [0.15, 0.2) is 0 Å². The first-order valence-corrected chi connectivity index (χ1v) is 13.8. The zero-order valence-electron chi connectivity index (χ0n) is 24.6. The number of aromatic nitrogens is 3. The molecule has 0 saturated carbocycles. The molecule has 2 N–H and O–H groups in total. The summed E-state index contributed by atoms with van der Waals surface area (Å²) in [6, 6.07) is 7.89. The van der Waals surface area contributed by atoms with Crippen LogP contribution in [0.5, 0.6) is 5.75 Å². The van der Waals surface area contributed by atoms with E-state index in [0.29, 0.717) is 44.8 Å². The fourth-order valence-corrected chi connectivity index (χ4v) is 5.83. The van der Waals surface area contributed by atoms with Gasteiger partial charge in [-0.15, -0.1) is 0 Å². The highest BCUT2D eigenvalue weighted by Crippen LogP contribution is 2.50. The third-order valence-corrected chi connectivity index (χ3v) is 7.62. The monoisotopic (exact) mass is 548 g/mol. The average Bonchev–Trinajstić information content (AvgIpc) is 3.30. The van der Waals surface area contributed by atoms with E-state index < -0.39 is 11.0 Å². The van der Waals surface area contributed by atoms with Crippen LogP contribution in [0.25, 0.3) is 11.0 Å². The summed E-state index contributed by atoms with van der Waals surface area (Å²) in [7, 11) is 1.63. The van der Waals surface area contributed by atoms with Crippen LogP contribution in [0.2, 0.25) is 0 Å². The summed E-state index contributed by atoms with van der Waals surface area (Å²) in [5.41, 5.74) is 8.14. The Balaban J connectivity index is 1.51. The second-order valence-corrected chi connectivity index (χ2v) is 13.1. The van der Waals surface area contributed by atoms with Crippen molar-refractivity contribution >= 4 is 34.7 Å². The first-order valence-electron chi connectivity index (χ1n) is 13.8. The second-order valence-electron chi connectivity index (χ2n) is 13.1. The van der Waals surface area contributed by atoms with E-state index in [1.54, 1.807) is 18.2 Å². The van der Waals surface area contributed by atoms with Crippen molar-refractivity contribution < 1.29 is 19.1 Å². The Hall–Kier alpha value is -3.82. The smallest absolute Gasteiger partial charge is 0.410 e. The van der Waals surface area contributed by atoms with Crippen molar-refractivity contribution in [1.29, 1.82) is 0 Å². The number of nitrogen functional groups attached to an aromatic ring is 1. The van der Waals surface area contributed by atoms with Gasteiger partial charge >= 0.3 is 6.09 Å². The molecule has 1 saturated heterocycles. The molecular weight excluding hydrogens is 508 g/mol. The molecule has 5 rings (SSSR count). The minimum Gasteiger partial charge on any atom is -0.497 e. The quantitative estimate of drug-likeness (QED) is 0.494. The number of hydrogen-bond acceptors (Lipinski definition) is 7. The van der Waals surface area contributed by atoms with Crippen LogP contribution in [-0.4, -0.2) is 57.2 Å². The molecule has 0 atom stereocenters. The third-order valence-electron chi connectivity index (χ3n) is 7.62. The summed E-state index contributed by atoms with van der Waals surface area (Å²) in [5.74, 6) is 0.963. The van der Waals surface area contributed by atoms with Crippen molar-refractivity contribution in [2.24, 2.45) is 5.41 Å². The Bertz CT molecular complexity index is 1460. The van der Waals surface area contributed by atoms with Gasteiger partial charge in [0, 0.05) is 42.6 Å². The van der Waals surface area contributed by atoms with Gasteiger partial charge in [-0.25, -0.2) is 9.78 Å². The maximum absolute atomic E-state index is 14.4. The lowest BCUT2D eigenvalue weighted by Gasteiger charge is -2.39. The number of nitrogens with zero attached hydrogens (tertiary/aromatic N) is 5. The molecule has 4 heterocycles. The lowest BCUT2D eigenvalue weighted by atomic mass is 9.73. The molecule has 2 aliphatic heterocycles. The van der Waals surface area contributed by atoms with Crippen LogP contribution < -0.4 is 15.4 Å². The summed E-state index contributed by atoms with van der Waals surface area (Å²) in [5, 5.41) is 0.885. The van der Waals surface area contributed by atoms with E-state index in [4.69, 9.17) is 15.2 Å². The Labute approximate surface area is 235 Å². The molecular formula is C30H40N6O4. The van der Waals surface area contributed by atoms with Gasteiger partial charge in [-0.05, 0) is 68.9 Å². The van der Waals surface area contributed by atoms with E-state index in [9.17, 15) is 9.59 Å². The zero-order chi connectivity index (χ0) is 29.0. The highest BCUT2D eigenvalue weighted by molar-refractivity contribution is 6.08. The standard InChI is InChI=1S/C30H40N6O4/c1-28(2,3)18-36-20(14-19-16-32-26(31)33-24(19)36)17-35-23-9-8-21(39-7)15-22(23)30(25(35)37)10-12-34(13-11-30)27(38)40-29(4,5)6/h8-9,14-16H,10-13,17-18H2,1-7H3,(H2,31,32,33). The summed E-state index contributed by atoms with van der Waals surface area (Å²) in [4.78, 5) is 39.5. The second kappa shape index (κ2) is 9.67. The molecule has 0 aliphatic carbocycles. The van der Waals surface area contributed by atoms with Gasteiger partial charge < -0.3 is 29.6 Å². The number of piperidine rings is 1. The number of amides is 2. The molecule has 40 heavy (non-hydrogen) atoms. The first kappa shape index (κ1) is 27.7. The lowest BCUT2D eigenvalue weighted by Crippen LogP contribution is -2.51. The summed E-state index contributed by atoms with van der Waals surface area (Å²) in [6.07, 6.45) is 2.41. The molecule has 1 fully saturated rings. The number of hydrogen-bond donors (Lipinski definition) is 1. The molecule has 1 aromatic carbocycles. The van der Waals surface area contributed by atoms with Gasteiger partial charge in [-0.3, -0.25) is 4.79 Å². The van der Waals surface area contributed by atoms with E-state index in [-0.39, 0.29) is 23.4 Å². The van der Waals surface area contributed by atoms with E-state index in [2.05, 4.69) is 35.3 Å². The number of anilines is 2. The molecule has 0 radical (unpaired) electrons. The number of nitrogens with two attached hydrogens (primary N) is 1. The number of methoxy groups -OCH3 is 1. The maximum Gasteiger partial charge on any atom is 0.410 e. The third kappa shape index (κ3) is 5.07. The number of carbonyl (C=O) groups is 2. The maximum atomic E-state index is 14.4. The summed E-state index contributed by atoms with van der Waals surface area (Å²) >= 11 is 0. The van der Waals surface area contributed by atoms with Crippen molar-refractivity contribution in [3.63, 3.8) is 0 Å². The van der Waals surface area contributed by atoms with Gasteiger partial charge in [0.05, 0.1) is 19.1 Å². The van der Waals surface area contributed by atoms with Crippen molar-refractivity contribution in [3.05, 3.63) is 41.7 Å². The minimum atomic E-state index is -0.743. The SMILES string of the molecule is COc1ccc2c(c1)C1(CCN(C(=O)OC(C)(C)C)CC1)C(=O)N2Cc1cc2cnc(N)nc2n1CC(C)(C)C. The Kier molecular flexibility index (Phi) is 6.71. The van der Waals surface area contributed by atoms with Crippen molar-refractivity contribution in [1.82, 2.24) is 19.4 Å². The van der Waals surface area contributed by atoms with Crippen molar-refractivity contribution in [3.8, 4) is 5.75 Å². The molecule has 2 aliphatic rings. The highest BCUT2D eigenvalue weighted by atomic mass is 16.6. The van der Waals surface area contributed by atoms with E-state index in [1.807, 2.05) is 49.9 Å². The average molecular weight is 549 g/mol. The van der Waals surface area contributed by atoms with Gasteiger partial charge in [-0.2, -0.15) is 4.98 Å². The molecule has 10 heteroatoms. The normalized spacial score (nSPS) is 17.0. The van der Waals surface area contributed by atoms with Crippen LogP contribution >= 0.6 is 0 Å². The lowest BCUT2D eigenvalue weighted by molar-refractivity contribution is -0.125. The van der Waals surface area contributed by atoms with Crippen LogP contribution in [0.15, 0.2) is 30.5 Å². The highest BCUT2D eigenvalue weighted by Gasteiger charge is 2.53. The van der Waals surface area contributed by atoms with Gasteiger partial charge in [-0.1, -0.05) is 20.8 Å². The summed E-state index contributed by atoms with van der Waals surface area (Å²) < 4.78 is 13.3. The van der Waals surface area contributed by atoms with Gasteiger partial charge in [0.2, 0.25) is 11.9 Å². The Morgan fingerprint density at radius 1 is 1.10 bits per heavy atom. The molecule has 214 valence electrons. The molecule has 0 unspecified atom stereocenters. The van der Waals surface area contributed by atoms with Gasteiger partial charge in [0.1, 0.15) is 17.0 Å². The predicted molar refractivity (Wildman–Crippen MR) is 154 cm³/mol. The van der Waals surface area contributed by atoms with Crippen LogP contribution in [0.3, 0.4) is 0 Å². The van der Waals surface area contributed by atoms with Crippen molar-refractivity contribution in [2.75, 3.05) is 30.8 Å². The molecule has 3 aromatic rings. The fraction of sp³-hybridized carbons (Fsp3) is 0.533. The van der Waals surface area contributed by atoms with Crippen LogP contribution in [0.4, 0.5) is 16.4 Å². The largest absolute Gasteiger partial charge is 0.497 e. The molecule has 2 aromatic heterocycles. The van der Waals surface area contributed by atoms with Crippen LogP contribution in [-0.2, 0) is 28.0 Å². The number of carbonyl (C=O) groups excluding carboxylic acids is 2.